The minimum absolute atomic E-state index is 0.689. The van der Waals surface area contributed by atoms with Gasteiger partial charge in [0.2, 0.25) is 0 Å². The molecule has 0 spiro atoms. The third-order valence-corrected chi connectivity index (χ3v) is 3.98. The zero-order chi connectivity index (χ0) is 14.7. The van der Waals surface area contributed by atoms with Gasteiger partial charge in [0.05, 0.1) is 10.7 Å². The summed E-state index contributed by atoms with van der Waals surface area (Å²) >= 11 is 12.3. The van der Waals surface area contributed by atoms with Crippen LogP contribution in [0.4, 0.5) is 5.69 Å². The lowest BCUT2D eigenvalue weighted by atomic mass is 10.2. The van der Waals surface area contributed by atoms with Crippen LogP contribution in [0.2, 0.25) is 10.0 Å². The Morgan fingerprint density at radius 1 is 0.905 bits per heavy atom. The van der Waals surface area contributed by atoms with E-state index >= 15 is 0 Å². The van der Waals surface area contributed by atoms with E-state index in [4.69, 9.17) is 27.9 Å². The molecule has 0 saturated carbocycles. The molecule has 3 rings (SSSR count). The van der Waals surface area contributed by atoms with Gasteiger partial charge >= 0.3 is 0 Å². The molecule has 1 heterocycles. The zero-order valence-corrected chi connectivity index (χ0v) is 13.0. The Bertz CT molecular complexity index is 610. The van der Waals surface area contributed by atoms with Crippen LogP contribution in [0.3, 0.4) is 0 Å². The highest BCUT2D eigenvalue weighted by molar-refractivity contribution is 6.33. The molecule has 0 radical (unpaired) electrons. The van der Waals surface area contributed by atoms with E-state index in [0.29, 0.717) is 10.0 Å². The van der Waals surface area contributed by atoms with Crippen LogP contribution in [0.1, 0.15) is 0 Å². The Morgan fingerprint density at radius 3 is 2.24 bits per heavy atom. The maximum absolute atomic E-state index is 6.39. The van der Waals surface area contributed by atoms with Gasteiger partial charge in [-0.25, -0.2) is 0 Å². The van der Waals surface area contributed by atoms with Crippen LogP contribution in [0.25, 0.3) is 0 Å². The van der Waals surface area contributed by atoms with Crippen molar-refractivity contribution in [3.05, 3.63) is 52.5 Å². The number of ether oxygens (including phenoxy) is 1. The van der Waals surface area contributed by atoms with Crippen molar-refractivity contribution in [2.45, 2.75) is 0 Å². The molecule has 3 nitrogen and oxygen atoms in total. The Morgan fingerprint density at radius 2 is 1.57 bits per heavy atom. The lowest BCUT2D eigenvalue weighted by Crippen LogP contribution is -2.43. The fourth-order valence-corrected chi connectivity index (χ4v) is 2.77. The monoisotopic (exact) mass is 322 g/mol. The summed E-state index contributed by atoms with van der Waals surface area (Å²) in [7, 11) is 0. The minimum atomic E-state index is 0.689. The van der Waals surface area contributed by atoms with E-state index in [0.717, 1.165) is 43.4 Å². The van der Waals surface area contributed by atoms with Crippen molar-refractivity contribution < 1.29 is 4.74 Å². The molecule has 0 aliphatic carbocycles. The molecule has 2 aromatic rings. The average molecular weight is 323 g/mol. The Balaban J connectivity index is 1.75. The van der Waals surface area contributed by atoms with E-state index in [1.165, 1.54) is 0 Å². The standard InChI is InChI=1S/C16H16Cl2N2O/c17-12-1-3-13(4-2-12)21-14-5-6-16(15(18)11-14)20-9-7-19-8-10-20/h1-6,11,19H,7-10H2. The summed E-state index contributed by atoms with van der Waals surface area (Å²) in [5.41, 5.74) is 1.06. The van der Waals surface area contributed by atoms with E-state index in [1.807, 2.05) is 30.3 Å². The first-order valence-corrected chi connectivity index (χ1v) is 7.66. The van der Waals surface area contributed by atoms with Gasteiger partial charge in [-0.3, -0.25) is 0 Å². The summed E-state index contributed by atoms with van der Waals surface area (Å²) in [6, 6.07) is 13.1. The fraction of sp³-hybridized carbons (Fsp3) is 0.250. The number of piperazine rings is 1. The summed E-state index contributed by atoms with van der Waals surface area (Å²) < 4.78 is 5.78. The Kier molecular flexibility index (Phi) is 4.54. The van der Waals surface area contributed by atoms with E-state index in [2.05, 4.69) is 10.2 Å². The molecule has 0 atom stereocenters. The molecule has 1 saturated heterocycles. The summed E-state index contributed by atoms with van der Waals surface area (Å²) in [5.74, 6) is 1.46. The average Bonchev–Trinajstić information content (AvgIpc) is 2.51. The summed E-state index contributed by atoms with van der Waals surface area (Å²) in [6.45, 7) is 3.91. The number of hydrogen-bond donors (Lipinski definition) is 1. The van der Waals surface area contributed by atoms with Gasteiger partial charge in [-0.15, -0.1) is 0 Å². The zero-order valence-electron chi connectivity index (χ0n) is 11.5. The number of hydrogen-bond acceptors (Lipinski definition) is 3. The quantitative estimate of drug-likeness (QED) is 0.916. The van der Waals surface area contributed by atoms with E-state index in [9.17, 15) is 0 Å². The third-order valence-electron chi connectivity index (χ3n) is 3.43. The molecule has 0 aromatic heterocycles. The highest BCUT2D eigenvalue weighted by Crippen LogP contribution is 2.32. The Hall–Kier alpha value is -1.42. The molecule has 1 fully saturated rings. The molecule has 1 N–H and O–H groups in total. The predicted octanol–water partition coefficient (Wildman–Crippen LogP) is 4.20. The number of nitrogens with zero attached hydrogens (tertiary/aromatic N) is 1. The largest absolute Gasteiger partial charge is 0.457 e. The van der Waals surface area contributed by atoms with Crippen LogP contribution in [-0.2, 0) is 0 Å². The van der Waals surface area contributed by atoms with Gasteiger partial charge in [0, 0.05) is 37.3 Å². The molecule has 5 heteroatoms. The van der Waals surface area contributed by atoms with Crippen molar-refractivity contribution in [3.63, 3.8) is 0 Å². The van der Waals surface area contributed by atoms with Crippen molar-refractivity contribution in [1.82, 2.24) is 5.32 Å². The molecular weight excluding hydrogens is 307 g/mol. The first-order valence-electron chi connectivity index (χ1n) is 6.91. The van der Waals surface area contributed by atoms with Gasteiger partial charge in [0.1, 0.15) is 11.5 Å². The molecule has 1 aliphatic rings. The van der Waals surface area contributed by atoms with Crippen LogP contribution < -0.4 is 15.0 Å². The predicted molar refractivity (Wildman–Crippen MR) is 88.1 cm³/mol. The normalized spacial score (nSPS) is 15.0. The maximum atomic E-state index is 6.39. The topological polar surface area (TPSA) is 24.5 Å². The third kappa shape index (κ3) is 3.62. The van der Waals surface area contributed by atoms with Gasteiger partial charge in [0.25, 0.3) is 0 Å². The van der Waals surface area contributed by atoms with Gasteiger partial charge in [-0.05, 0) is 36.4 Å². The van der Waals surface area contributed by atoms with E-state index in [1.54, 1.807) is 12.1 Å². The van der Waals surface area contributed by atoms with Crippen molar-refractivity contribution in [2.75, 3.05) is 31.1 Å². The summed E-state index contributed by atoms with van der Waals surface area (Å²) in [4.78, 5) is 2.28. The second kappa shape index (κ2) is 6.56. The van der Waals surface area contributed by atoms with Crippen LogP contribution in [-0.4, -0.2) is 26.2 Å². The van der Waals surface area contributed by atoms with Crippen molar-refractivity contribution in [2.24, 2.45) is 0 Å². The SMILES string of the molecule is Clc1ccc(Oc2ccc(N3CCNCC3)c(Cl)c2)cc1. The number of nitrogens with one attached hydrogen (secondary N) is 1. The van der Waals surface area contributed by atoms with Gasteiger partial charge < -0.3 is 15.0 Å². The molecule has 110 valence electrons. The van der Waals surface area contributed by atoms with Crippen molar-refractivity contribution in [3.8, 4) is 11.5 Å². The Labute approximate surface area is 134 Å². The van der Waals surface area contributed by atoms with Crippen molar-refractivity contribution in [1.29, 1.82) is 0 Å². The molecule has 0 amide bonds. The number of halogens is 2. The van der Waals surface area contributed by atoms with Crippen molar-refractivity contribution >= 4 is 28.9 Å². The smallest absolute Gasteiger partial charge is 0.129 e. The molecule has 2 aromatic carbocycles. The van der Waals surface area contributed by atoms with Crippen LogP contribution in [0.5, 0.6) is 11.5 Å². The number of benzene rings is 2. The first-order chi connectivity index (χ1) is 10.2. The van der Waals surface area contributed by atoms with Crippen LogP contribution in [0.15, 0.2) is 42.5 Å². The van der Waals surface area contributed by atoms with E-state index < -0.39 is 0 Å². The molecule has 21 heavy (non-hydrogen) atoms. The fourth-order valence-electron chi connectivity index (χ4n) is 2.35. The summed E-state index contributed by atoms with van der Waals surface area (Å²) in [6.07, 6.45) is 0. The maximum Gasteiger partial charge on any atom is 0.129 e. The second-order valence-electron chi connectivity index (χ2n) is 4.91. The number of rotatable bonds is 3. The molecule has 0 unspecified atom stereocenters. The minimum Gasteiger partial charge on any atom is -0.457 e. The van der Waals surface area contributed by atoms with Crippen LogP contribution >= 0.6 is 23.2 Å². The molecule has 1 aliphatic heterocycles. The summed E-state index contributed by atoms with van der Waals surface area (Å²) in [5, 5.41) is 4.73. The van der Waals surface area contributed by atoms with E-state index in [-0.39, 0.29) is 0 Å². The van der Waals surface area contributed by atoms with Gasteiger partial charge in [0.15, 0.2) is 0 Å². The second-order valence-corrected chi connectivity index (χ2v) is 5.75. The highest BCUT2D eigenvalue weighted by Gasteiger charge is 2.14. The molecule has 0 bridgehead atoms. The van der Waals surface area contributed by atoms with Gasteiger partial charge in [-0.2, -0.15) is 0 Å². The lowest BCUT2D eigenvalue weighted by molar-refractivity contribution is 0.482. The number of anilines is 1. The van der Waals surface area contributed by atoms with Gasteiger partial charge in [-0.1, -0.05) is 23.2 Å². The van der Waals surface area contributed by atoms with Crippen LogP contribution in [0, 0.1) is 0 Å². The highest BCUT2D eigenvalue weighted by atomic mass is 35.5. The molecular formula is C16H16Cl2N2O. The lowest BCUT2D eigenvalue weighted by Gasteiger charge is -2.30. The first kappa shape index (κ1) is 14.5.